The van der Waals surface area contributed by atoms with Crippen LogP contribution in [0.1, 0.15) is 27.8 Å². The van der Waals surface area contributed by atoms with E-state index in [2.05, 4.69) is 97.1 Å². The molecule has 0 atom stereocenters. The molecule has 8 aromatic carbocycles. The second kappa shape index (κ2) is 13.9. The summed E-state index contributed by atoms with van der Waals surface area (Å²) >= 11 is 0. The third kappa shape index (κ3) is 5.91. The molecule has 0 saturated carbocycles. The Bertz CT molecular complexity index is 3260. The summed E-state index contributed by atoms with van der Waals surface area (Å²) in [6.07, 6.45) is -4.69. The van der Waals surface area contributed by atoms with Crippen LogP contribution in [0.2, 0.25) is 0 Å². The highest BCUT2D eigenvalue weighted by Crippen LogP contribution is 2.46. The van der Waals surface area contributed by atoms with Crippen LogP contribution in [-0.2, 0) is 6.18 Å². The third-order valence-corrected chi connectivity index (χ3v) is 11.6. The van der Waals surface area contributed by atoms with E-state index in [0.717, 1.165) is 89.1 Å². The highest BCUT2D eigenvalue weighted by atomic mass is 19.4. The van der Waals surface area contributed by atoms with Crippen molar-refractivity contribution >= 4 is 43.6 Å². The van der Waals surface area contributed by atoms with Crippen LogP contribution in [0.15, 0.2) is 164 Å². The smallest absolute Gasteiger partial charge is 0.308 e. The van der Waals surface area contributed by atoms with Crippen molar-refractivity contribution in [2.75, 3.05) is 0 Å². The van der Waals surface area contributed by atoms with Gasteiger partial charge in [0, 0.05) is 32.7 Å². The minimum atomic E-state index is -4.69. The number of halogens is 3. The highest BCUT2D eigenvalue weighted by Gasteiger charge is 2.33. The van der Waals surface area contributed by atoms with Gasteiger partial charge in [0.1, 0.15) is 0 Å². The van der Waals surface area contributed by atoms with Gasteiger partial charge in [-0.25, -0.2) is 0 Å². The number of hydrogen-bond donors (Lipinski definition) is 0. The summed E-state index contributed by atoms with van der Waals surface area (Å²) in [7, 11) is 0. The molecule has 0 bridgehead atoms. The maximum atomic E-state index is 14.7. The van der Waals surface area contributed by atoms with Crippen molar-refractivity contribution in [3.8, 4) is 56.9 Å². The number of fused-ring (bicyclic) bond motifs is 6. The van der Waals surface area contributed by atoms with E-state index >= 15 is 0 Å². The fraction of sp³-hybridized carbons (Fsp3) is 0.0566. The largest absolute Gasteiger partial charge is 0.416 e. The van der Waals surface area contributed by atoms with Crippen LogP contribution in [0.25, 0.3) is 88.4 Å². The van der Waals surface area contributed by atoms with Gasteiger partial charge in [-0.15, -0.1) is 0 Å². The molecule has 4 nitrogen and oxygen atoms in total. The van der Waals surface area contributed by atoms with E-state index in [1.807, 2.05) is 71.5 Å². The minimum absolute atomic E-state index is 0.0671. The zero-order chi connectivity index (χ0) is 41.3. The molecular weight excluding hydrogens is 750 g/mol. The van der Waals surface area contributed by atoms with Gasteiger partial charge in [-0.1, -0.05) is 120 Å². The number of hydrogen-bond acceptors (Lipinski definition) is 2. The zero-order valence-corrected chi connectivity index (χ0v) is 32.5. The number of aryl methyl sites for hydroxylation is 2. The molecule has 2 aromatic heterocycles. The van der Waals surface area contributed by atoms with Crippen molar-refractivity contribution < 1.29 is 13.2 Å². The number of nitrogens with zero attached hydrogens (tertiary/aromatic N) is 4. The molecule has 0 aliphatic heterocycles. The Morgan fingerprint density at radius 2 is 0.900 bits per heavy atom. The second-order valence-electron chi connectivity index (χ2n) is 15.3. The molecule has 0 unspecified atom stereocenters. The number of benzene rings is 8. The Hall–Kier alpha value is -7.87. The van der Waals surface area contributed by atoms with Crippen molar-refractivity contribution in [1.29, 1.82) is 10.5 Å². The average Bonchev–Trinajstić information content (AvgIpc) is 3.78. The van der Waals surface area contributed by atoms with E-state index < -0.39 is 11.7 Å². The van der Waals surface area contributed by atoms with Crippen LogP contribution in [0.4, 0.5) is 13.2 Å². The summed E-state index contributed by atoms with van der Waals surface area (Å²) in [5.41, 5.74) is 10.3. The molecule has 0 amide bonds. The molecule has 7 heteroatoms. The number of alkyl halides is 3. The van der Waals surface area contributed by atoms with Gasteiger partial charge >= 0.3 is 6.18 Å². The first kappa shape index (κ1) is 36.5. The molecule has 0 radical (unpaired) electrons. The molecule has 60 heavy (non-hydrogen) atoms. The van der Waals surface area contributed by atoms with Gasteiger partial charge in [-0.2, -0.15) is 23.7 Å². The number of para-hydroxylation sites is 2. The monoisotopic (exact) mass is 782 g/mol. The van der Waals surface area contributed by atoms with Crippen molar-refractivity contribution in [2.45, 2.75) is 20.0 Å². The van der Waals surface area contributed by atoms with Gasteiger partial charge in [0.15, 0.2) is 0 Å². The van der Waals surface area contributed by atoms with Crippen LogP contribution in [0, 0.1) is 36.5 Å². The SMILES string of the molecule is Cc1ccc(-c2ccc3c4ccccc4n(-c4cc(C#N)cc(-n5c6ccccc6c6ccc(-c7ccc(C)cc7)cc65)c4-c4cc(C(F)(F)F)ccc4C#N)c3c2)cc1. The summed E-state index contributed by atoms with van der Waals surface area (Å²) in [6.45, 7) is 4.08. The van der Waals surface area contributed by atoms with Gasteiger partial charge in [0.05, 0.1) is 62.3 Å². The Morgan fingerprint density at radius 1 is 0.450 bits per heavy atom. The topological polar surface area (TPSA) is 57.4 Å². The van der Waals surface area contributed by atoms with Gasteiger partial charge < -0.3 is 9.13 Å². The summed E-state index contributed by atoms with van der Waals surface area (Å²) in [5, 5.41) is 25.2. The standard InChI is InChI=1S/C53H33F3N4/c1-32-11-15-35(16-12-32)37-20-23-43-41-7-3-5-9-46(41)59(48(43)27-37)50-25-34(30-57)26-51(52(50)45-29-40(53(54,55)56)22-19-39(45)31-58)60-47-10-6-4-8-42(47)44-24-21-38(28-49(44)60)36-17-13-33(2)14-18-36/h3-29H,1-2H3. The molecule has 0 fully saturated rings. The van der Waals surface area contributed by atoms with Crippen molar-refractivity contribution in [1.82, 2.24) is 9.13 Å². The Labute approximate surface area is 343 Å². The number of rotatable bonds is 5. The minimum Gasteiger partial charge on any atom is -0.308 e. The molecule has 286 valence electrons. The molecule has 10 aromatic rings. The van der Waals surface area contributed by atoms with Gasteiger partial charge in [-0.3, -0.25) is 0 Å². The summed E-state index contributed by atoms with van der Waals surface area (Å²) < 4.78 is 48.3. The van der Waals surface area contributed by atoms with Crippen molar-refractivity contribution in [3.05, 3.63) is 192 Å². The number of nitriles is 2. The van der Waals surface area contributed by atoms with E-state index in [9.17, 15) is 23.7 Å². The molecule has 0 N–H and O–H groups in total. The lowest BCUT2D eigenvalue weighted by molar-refractivity contribution is -0.137. The van der Waals surface area contributed by atoms with Gasteiger partial charge in [0.25, 0.3) is 0 Å². The first-order valence-electron chi connectivity index (χ1n) is 19.5. The third-order valence-electron chi connectivity index (χ3n) is 11.6. The molecule has 0 saturated heterocycles. The molecular formula is C53H33F3N4. The Morgan fingerprint density at radius 3 is 1.35 bits per heavy atom. The maximum Gasteiger partial charge on any atom is 0.416 e. The predicted octanol–water partition coefficient (Wildman–Crippen LogP) is 14.3. The summed E-state index contributed by atoms with van der Waals surface area (Å²) in [6, 6.07) is 56.1. The quantitative estimate of drug-likeness (QED) is 0.175. The van der Waals surface area contributed by atoms with Gasteiger partial charge in [0.2, 0.25) is 0 Å². The van der Waals surface area contributed by atoms with Crippen molar-refractivity contribution in [2.24, 2.45) is 0 Å². The second-order valence-corrected chi connectivity index (χ2v) is 15.3. The summed E-state index contributed by atoms with van der Waals surface area (Å²) in [5.74, 6) is 0. The molecule has 0 aliphatic rings. The lowest BCUT2D eigenvalue weighted by Crippen LogP contribution is -2.08. The molecule has 10 rings (SSSR count). The van der Waals surface area contributed by atoms with E-state index in [1.165, 1.54) is 6.07 Å². The van der Waals surface area contributed by atoms with Crippen LogP contribution in [0.3, 0.4) is 0 Å². The average molecular weight is 783 g/mol. The van der Waals surface area contributed by atoms with Gasteiger partial charge in [-0.05, 0) is 90.7 Å². The Balaban J connectivity index is 1.40. The molecule has 0 spiro atoms. The van der Waals surface area contributed by atoms with Crippen LogP contribution >= 0.6 is 0 Å². The lowest BCUT2D eigenvalue weighted by Gasteiger charge is -2.22. The molecule has 2 heterocycles. The van der Waals surface area contributed by atoms with Crippen LogP contribution in [-0.4, -0.2) is 9.13 Å². The fourth-order valence-electron chi connectivity index (χ4n) is 8.64. The highest BCUT2D eigenvalue weighted by molar-refractivity contribution is 6.13. The van der Waals surface area contributed by atoms with Crippen LogP contribution in [0.5, 0.6) is 0 Å². The maximum absolute atomic E-state index is 14.7. The predicted molar refractivity (Wildman–Crippen MR) is 235 cm³/mol. The van der Waals surface area contributed by atoms with E-state index in [0.29, 0.717) is 22.5 Å². The summed E-state index contributed by atoms with van der Waals surface area (Å²) in [4.78, 5) is 0. The molecule has 0 aliphatic carbocycles. The van der Waals surface area contributed by atoms with E-state index in [1.54, 1.807) is 12.1 Å². The zero-order valence-electron chi connectivity index (χ0n) is 32.5. The fourth-order valence-corrected chi connectivity index (χ4v) is 8.64. The van der Waals surface area contributed by atoms with E-state index in [4.69, 9.17) is 0 Å². The Kier molecular flexibility index (Phi) is 8.45. The van der Waals surface area contributed by atoms with Crippen LogP contribution < -0.4 is 0 Å². The normalized spacial score (nSPS) is 11.7. The number of aromatic nitrogens is 2. The first-order valence-corrected chi connectivity index (χ1v) is 19.5. The van der Waals surface area contributed by atoms with E-state index in [-0.39, 0.29) is 11.1 Å². The van der Waals surface area contributed by atoms with Crippen molar-refractivity contribution in [3.63, 3.8) is 0 Å². The first-order chi connectivity index (χ1) is 29.1. The lowest BCUT2D eigenvalue weighted by atomic mass is 9.93.